The molecule has 2 aromatic heterocycles. The summed E-state index contributed by atoms with van der Waals surface area (Å²) in [5.41, 5.74) is 7.04. The van der Waals surface area contributed by atoms with E-state index in [9.17, 15) is 0 Å². The Labute approximate surface area is 93.4 Å². The second kappa shape index (κ2) is 4.59. The number of nitrogens with zero attached hydrogens (tertiary/aromatic N) is 1. The van der Waals surface area contributed by atoms with Crippen LogP contribution in [0, 0.1) is 0 Å². The molecule has 0 aliphatic rings. The van der Waals surface area contributed by atoms with Crippen LogP contribution in [-0.2, 0) is 0 Å². The van der Waals surface area contributed by atoms with E-state index in [-0.39, 0.29) is 6.04 Å². The molecule has 2 aromatic rings. The van der Waals surface area contributed by atoms with Gasteiger partial charge >= 0.3 is 0 Å². The van der Waals surface area contributed by atoms with Crippen LogP contribution in [0.5, 0.6) is 0 Å². The van der Waals surface area contributed by atoms with Crippen LogP contribution in [0.4, 0.5) is 0 Å². The Bertz CT molecular complexity index is 405. The SMILES string of the molecule is CCCC(N)c1ncc(-c2cccs2)[nH]1. The quantitative estimate of drug-likeness (QED) is 0.834. The standard InChI is InChI=1S/C11H15N3S/c1-2-4-8(12)11-13-7-9(14-11)10-5-3-6-15-10/h3,5-8H,2,4,12H2,1H3,(H,13,14). The lowest BCUT2D eigenvalue weighted by Crippen LogP contribution is -2.11. The molecule has 3 nitrogen and oxygen atoms in total. The number of nitrogens with one attached hydrogen (secondary N) is 1. The van der Waals surface area contributed by atoms with Gasteiger partial charge in [-0.2, -0.15) is 0 Å². The van der Waals surface area contributed by atoms with Gasteiger partial charge in [0.15, 0.2) is 0 Å². The van der Waals surface area contributed by atoms with Gasteiger partial charge in [-0.25, -0.2) is 4.98 Å². The molecule has 0 fully saturated rings. The molecule has 0 aliphatic carbocycles. The molecule has 3 N–H and O–H groups in total. The topological polar surface area (TPSA) is 54.7 Å². The second-order valence-electron chi connectivity index (χ2n) is 3.55. The molecule has 0 radical (unpaired) electrons. The smallest absolute Gasteiger partial charge is 0.123 e. The third-order valence-corrected chi connectivity index (χ3v) is 3.24. The molecular formula is C11H15N3S. The van der Waals surface area contributed by atoms with Gasteiger partial charge in [-0.15, -0.1) is 11.3 Å². The van der Waals surface area contributed by atoms with Gasteiger partial charge in [0, 0.05) is 0 Å². The highest BCUT2D eigenvalue weighted by Gasteiger charge is 2.10. The number of nitrogens with two attached hydrogens (primary N) is 1. The summed E-state index contributed by atoms with van der Waals surface area (Å²) < 4.78 is 0. The maximum Gasteiger partial charge on any atom is 0.123 e. The van der Waals surface area contributed by atoms with Crippen molar-refractivity contribution in [2.45, 2.75) is 25.8 Å². The molecule has 2 heterocycles. The number of hydrogen-bond donors (Lipinski definition) is 2. The first kappa shape index (κ1) is 10.4. The molecule has 1 atom stereocenters. The van der Waals surface area contributed by atoms with Crippen molar-refractivity contribution in [1.82, 2.24) is 9.97 Å². The summed E-state index contributed by atoms with van der Waals surface area (Å²) in [6.45, 7) is 2.13. The van der Waals surface area contributed by atoms with E-state index in [0.717, 1.165) is 24.4 Å². The van der Waals surface area contributed by atoms with Gasteiger partial charge in [0.2, 0.25) is 0 Å². The number of aromatic nitrogens is 2. The van der Waals surface area contributed by atoms with Crippen molar-refractivity contribution in [2.24, 2.45) is 5.73 Å². The zero-order chi connectivity index (χ0) is 10.7. The Morgan fingerprint density at radius 3 is 3.13 bits per heavy atom. The predicted octanol–water partition coefficient (Wildman–Crippen LogP) is 2.94. The van der Waals surface area contributed by atoms with Crippen LogP contribution in [0.2, 0.25) is 0 Å². The van der Waals surface area contributed by atoms with Gasteiger partial charge in [-0.1, -0.05) is 19.4 Å². The first-order valence-corrected chi connectivity index (χ1v) is 6.03. The van der Waals surface area contributed by atoms with Gasteiger partial charge < -0.3 is 10.7 Å². The largest absolute Gasteiger partial charge is 0.340 e. The van der Waals surface area contributed by atoms with Crippen LogP contribution < -0.4 is 5.73 Å². The fourth-order valence-electron chi connectivity index (χ4n) is 1.53. The van der Waals surface area contributed by atoms with Crippen LogP contribution in [0.1, 0.15) is 31.6 Å². The maximum absolute atomic E-state index is 5.98. The Morgan fingerprint density at radius 1 is 1.60 bits per heavy atom. The summed E-state index contributed by atoms with van der Waals surface area (Å²) in [6.07, 6.45) is 3.91. The van der Waals surface area contributed by atoms with Gasteiger partial charge in [0.05, 0.1) is 22.8 Å². The van der Waals surface area contributed by atoms with Crippen LogP contribution in [0.25, 0.3) is 10.6 Å². The Morgan fingerprint density at radius 2 is 2.47 bits per heavy atom. The van der Waals surface area contributed by atoms with Crippen molar-refractivity contribution >= 4 is 11.3 Å². The number of rotatable bonds is 4. The van der Waals surface area contributed by atoms with Crippen molar-refractivity contribution in [3.05, 3.63) is 29.5 Å². The molecule has 0 saturated carbocycles. The van der Waals surface area contributed by atoms with E-state index in [1.807, 2.05) is 12.3 Å². The van der Waals surface area contributed by atoms with Gasteiger partial charge in [-0.05, 0) is 17.9 Å². The normalized spacial score (nSPS) is 12.9. The molecular weight excluding hydrogens is 206 g/mol. The minimum atomic E-state index is 0.0312. The lowest BCUT2D eigenvalue weighted by Gasteiger charge is -2.05. The Balaban J connectivity index is 2.17. The van der Waals surface area contributed by atoms with Crippen LogP contribution in [-0.4, -0.2) is 9.97 Å². The average Bonchev–Trinajstić information content (AvgIpc) is 2.89. The van der Waals surface area contributed by atoms with E-state index in [2.05, 4.69) is 28.3 Å². The molecule has 0 bridgehead atoms. The average molecular weight is 221 g/mol. The minimum absolute atomic E-state index is 0.0312. The molecule has 0 aliphatic heterocycles. The fourth-order valence-corrected chi connectivity index (χ4v) is 2.22. The summed E-state index contributed by atoms with van der Waals surface area (Å²) in [7, 11) is 0. The zero-order valence-electron chi connectivity index (χ0n) is 8.73. The number of aromatic amines is 1. The van der Waals surface area contributed by atoms with E-state index >= 15 is 0 Å². The highest BCUT2D eigenvalue weighted by atomic mass is 32.1. The molecule has 0 aromatic carbocycles. The van der Waals surface area contributed by atoms with E-state index in [0.29, 0.717) is 0 Å². The van der Waals surface area contributed by atoms with Crippen molar-refractivity contribution < 1.29 is 0 Å². The molecule has 2 rings (SSSR count). The molecule has 0 saturated heterocycles. The van der Waals surface area contributed by atoms with E-state index < -0.39 is 0 Å². The lowest BCUT2D eigenvalue weighted by atomic mass is 10.2. The zero-order valence-corrected chi connectivity index (χ0v) is 9.55. The highest BCUT2D eigenvalue weighted by molar-refractivity contribution is 7.13. The third kappa shape index (κ3) is 2.27. The lowest BCUT2D eigenvalue weighted by molar-refractivity contribution is 0.609. The van der Waals surface area contributed by atoms with E-state index in [1.54, 1.807) is 11.3 Å². The van der Waals surface area contributed by atoms with Crippen molar-refractivity contribution in [3.63, 3.8) is 0 Å². The van der Waals surface area contributed by atoms with Gasteiger partial charge in [0.25, 0.3) is 0 Å². The van der Waals surface area contributed by atoms with Crippen LogP contribution in [0.3, 0.4) is 0 Å². The summed E-state index contributed by atoms with van der Waals surface area (Å²) in [6, 6.07) is 4.14. The third-order valence-electron chi connectivity index (χ3n) is 2.33. The monoisotopic (exact) mass is 221 g/mol. The van der Waals surface area contributed by atoms with Crippen molar-refractivity contribution in [2.75, 3.05) is 0 Å². The van der Waals surface area contributed by atoms with E-state index in [4.69, 9.17) is 5.73 Å². The summed E-state index contributed by atoms with van der Waals surface area (Å²) >= 11 is 1.70. The first-order valence-electron chi connectivity index (χ1n) is 5.15. The van der Waals surface area contributed by atoms with E-state index in [1.165, 1.54) is 4.88 Å². The van der Waals surface area contributed by atoms with Gasteiger partial charge in [-0.3, -0.25) is 0 Å². The molecule has 80 valence electrons. The molecule has 0 spiro atoms. The first-order chi connectivity index (χ1) is 7.31. The van der Waals surface area contributed by atoms with Crippen LogP contribution >= 0.6 is 11.3 Å². The summed E-state index contributed by atoms with van der Waals surface area (Å²) in [4.78, 5) is 8.80. The Kier molecular flexibility index (Phi) is 3.18. The fraction of sp³-hybridized carbons (Fsp3) is 0.364. The molecule has 0 amide bonds. The highest BCUT2D eigenvalue weighted by Crippen LogP contribution is 2.24. The second-order valence-corrected chi connectivity index (χ2v) is 4.50. The summed E-state index contributed by atoms with van der Waals surface area (Å²) in [5, 5.41) is 2.06. The van der Waals surface area contributed by atoms with Crippen molar-refractivity contribution in [1.29, 1.82) is 0 Å². The number of thiophene rings is 1. The number of H-pyrrole nitrogens is 1. The van der Waals surface area contributed by atoms with Gasteiger partial charge in [0.1, 0.15) is 5.82 Å². The molecule has 15 heavy (non-hydrogen) atoms. The minimum Gasteiger partial charge on any atom is -0.340 e. The predicted molar refractivity (Wildman–Crippen MR) is 63.7 cm³/mol. The number of hydrogen-bond acceptors (Lipinski definition) is 3. The molecule has 1 unspecified atom stereocenters. The van der Waals surface area contributed by atoms with Crippen LogP contribution in [0.15, 0.2) is 23.7 Å². The Hall–Kier alpha value is -1.13. The molecule has 4 heteroatoms. The maximum atomic E-state index is 5.98. The summed E-state index contributed by atoms with van der Waals surface area (Å²) in [5.74, 6) is 0.889. The number of imidazole rings is 1. The van der Waals surface area contributed by atoms with Crippen molar-refractivity contribution in [3.8, 4) is 10.6 Å².